The maximum absolute atomic E-state index is 13.1. The van der Waals surface area contributed by atoms with Crippen LogP contribution in [0.5, 0.6) is 0 Å². The van der Waals surface area contributed by atoms with Gasteiger partial charge in [-0.25, -0.2) is 4.39 Å². The summed E-state index contributed by atoms with van der Waals surface area (Å²) in [7, 11) is 0. The van der Waals surface area contributed by atoms with Crippen molar-refractivity contribution in [2.45, 2.75) is 25.4 Å². The Morgan fingerprint density at radius 2 is 2.15 bits per heavy atom. The largest absolute Gasteiger partial charge is 0.319 e. The van der Waals surface area contributed by atoms with Crippen LogP contribution < -0.4 is 10.6 Å². The molecule has 7 nitrogen and oxygen atoms in total. The molecule has 1 unspecified atom stereocenters. The predicted molar refractivity (Wildman–Crippen MR) is 95.2 cm³/mol. The number of nitrogens with zero attached hydrogens (tertiary/aromatic N) is 3. The van der Waals surface area contributed by atoms with Crippen LogP contribution in [0.1, 0.15) is 23.2 Å². The van der Waals surface area contributed by atoms with Crippen molar-refractivity contribution < 1.29 is 9.18 Å². The number of carbonyl (C=O) groups is 1. The van der Waals surface area contributed by atoms with Crippen LogP contribution in [0.25, 0.3) is 11.3 Å². The third kappa shape index (κ3) is 3.50. The van der Waals surface area contributed by atoms with Crippen LogP contribution in [0.4, 0.5) is 10.1 Å². The monoisotopic (exact) mass is 354 g/mol. The number of nitrogens with one attached hydrogen (secondary N) is 3. The molecule has 0 saturated carbocycles. The second-order valence-corrected chi connectivity index (χ2v) is 6.36. The van der Waals surface area contributed by atoms with Crippen molar-refractivity contribution in [2.24, 2.45) is 0 Å². The number of hydrogen-bond acceptors (Lipinski definition) is 4. The zero-order valence-corrected chi connectivity index (χ0v) is 14.1. The highest BCUT2D eigenvalue weighted by Crippen LogP contribution is 2.22. The highest BCUT2D eigenvalue weighted by molar-refractivity contribution is 6.07. The van der Waals surface area contributed by atoms with Crippen molar-refractivity contribution in [1.82, 2.24) is 25.3 Å². The Balaban J connectivity index is 1.46. The number of rotatable bonds is 5. The van der Waals surface area contributed by atoms with Gasteiger partial charge in [0.2, 0.25) is 0 Å². The summed E-state index contributed by atoms with van der Waals surface area (Å²) in [5.74, 6) is -0.625. The fraction of sp³-hybridized carbons (Fsp3) is 0.278. The number of benzene rings is 1. The Hall–Kier alpha value is -3.00. The van der Waals surface area contributed by atoms with Crippen molar-refractivity contribution in [3.63, 3.8) is 0 Å². The minimum absolute atomic E-state index is 0.295. The Kier molecular flexibility index (Phi) is 4.49. The van der Waals surface area contributed by atoms with Crippen molar-refractivity contribution >= 4 is 11.6 Å². The van der Waals surface area contributed by atoms with E-state index in [0.29, 0.717) is 28.6 Å². The molecule has 1 saturated heterocycles. The fourth-order valence-corrected chi connectivity index (χ4v) is 3.16. The SMILES string of the molecule is O=C(Nc1cnn(CC2CCCN2)c1)c1cn[nH]c1-c1ccc(F)cc1. The van der Waals surface area contributed by atoms with E-state index in [1.807, 2.05) is 10.9 Å². The normalized spacial score (nSPS) is 16.7. The summed E-state index contributed by atoms with van der Waals surface area (Å²) in [5, 5.41) is 17.3. The van der Waals surface area contributed by atoms with Gasteiger partial charge in [-0.1, -0.05) is 0 Å². The lowest BCUT2D eigenvalue weighted by molar-refractivity contribution is 0.102. The second-order valence-electron chi connectivity index (χ2n) is 6.36. The van der Waals surface area contributed by atoms with E-state index >= 15 is 0 Å². The van der Waals surface area contributed by atoms with E-state index in [1.54, 1.807) is 18.3 Å². The Morgan fingerprint density at radius 1 is 1.31 bits per heavy atom. The Morgan fingerprint density at radius 3 is 2.92 bits per heavy atom. The molecule has 1 aromatic carbocycles. The van der Waals surface area contributed by atoms with Crippen LogP contribution in [0, 0.1) is 5.82 Å². The van der Waals surface area contributed by atoms with Crippen molar-refractivity contribution in [2.75, 3.05) is 11.9 Å². The Labute approximate surface area is 149 Å². The average Bonchev–Trinajstić information content (AvgIpc) is 3.38. The molecule has 0 aliphatic carbocycles. The molecule has 0 bridgehead atoms. The van der Waals surface area contributed by atoms with E-state index in [0.717, 1.165) is 19.5 Å². The highest BCUT2D eigenvalue weighted by atomic mass is 19.1. The van der Waals surface area contributed by atoms with Crippen LogP contribution in [0.2, 0.25) is 0 Å². The zero-order chi connectivity index (χ0) is 17.9. The van der Waals surface area contributed by atoms with Gasteiger partial charge < -0.3 is 10.6 Å². The topological polar surface area (TPSA) is 87.6 Å². The number of anilines is 1. The lowest BCUT2D eigenvalue weighted by Gasteiger charge is -2.09. The summed E-state index contributed by atoms with van der Waals surface area (Å²) < 4.78 is 14.9. The molecule has 3 heterocycles. The molecule has 134 valence electrons. The van der Waals surface area contributed by atoms with Gasteiger partial charge in [-0.05, 0) is 43.7 Å². The molecular formula is C18H19FN6O. The number of hydrogen-bond donors (Lipinski definition) is 3. The number of halogens is 1. The first-order valence-corrected chi connectivity index (χ1v) is 8.55. The molecule has 1 amide bonds. The summed E-state index contributed by atoms with van der Waals surface area (Å²) >= 11 is 0. The molecular weight excluding hydrogens is 335 g/mol. The van der Waals surface area contributed by atoms with E-state index < -0.39 is 0 Å². The maximum atomic E-state index is 13.1. The van der Waals surface area contributed by atoms with E-state index in [9.17, 15) is 9.18 Å². The average molecular weight is 354 g/mol. The molecule has 3 N–H and O–H groups in total. The molecule has 1 aliphatic rings. The van der Waals surface area contributed by atoms with E-state index in [-0.39, 0.29) is 11.7 Å². The summed E-state index contributed by atoms with van der Waals surface area (Å²) in [5.41, 5.74) is 2.25. The van der Waals surface area contributed by atoms with Gasteiger partial charge in [0.05, 0.1) is 35.9 Å². The van der Waals surface area contributed by atoms with Crippen molar-refractivity contribution in [1.29, 1.82) is 0 Å². The second kappa shape index (κ2) is 7.09. The molecule has 2 aromatic heterocycles. The third-order valence-electron chi connectivity index (χ3n) is 4.48. The van der Waals surface area contributed by atoms with Crippen LogP contribution in [-0.2, 0) is 6.54 Å². The first kappa shape index (κ1) is 16.5. The van der Waals surface area contributed by atoms with Gasteiger partial charge >= 0.3 is 0 Å². The summed E-state index contributed by atoms with van der Waals surface area (Å²) in [6.45, 7) is 1.82. The number of H-pyrrole nitrogens is 1. The third-order valence-corrected chi connectivity index (χ3v) is 4.48. The van der Waals surface area contributed by atoms with E-state index in [4.69, 9.17) is 0 Å². The molecule has 26 heavy (non-hydrogen) atoms. The summed E-state index contributed by atoms with van der Waals surface area (Å²) in [6.07, 6.45) is 7.22. The smallest absolute Gasteiger partial charge is 0.259 e. The fourth-order valence-electron chi connectivity index (χ4n) is 3.16. The predicted octanol–water partition coefficient (Wildman–Crippen LogP) is 2.42. The van der Waals surface area contributed by atoms with Crippen molar-refractivity contribution in [3.8, 4) is 11.3 Å². The lowest BCUT2D eigenvalue weighted by atomic mass is 10.1. The summed E-state index contributed by atoms with van der Waals surface area (Å²) in [4.78, 5) is 12.6. The molecule has 0 spiro atoms. The minimum atomic E-state index is -0.330. The zero-order valence-electron chi connectivity index (χ0n) is 14.1. The number of aromatic nitrogens is 4. The lowest BCUT2D eigenvalue weighted by Crippen LogP contribution is -2.26. The van der Waals surface area contributed by atoms with Crippen LogP contribution in [0.3, 0.4) is 0 Å². The molecule has 1 fully saturated rings. The van der Waals surface area contributed by atoms with Gasteiger partial charge in [-0.2, -0.15) is 10.2 Å². The van der Waals surface area contributed by atoms with Gasteiger partial charge in [0, 0.05) is 17.8 Å². The van der Waals surface area contributed by atoms with Crippen molar-refractivity contribution in [3.05, 3.63) is 54.2 Å². The quantitative estimate of drug-likeness (QED) is 0.657. The standard InChI is InChI=1S/C18H19FN6O/c19-13-5-3-12(4-6-13)17-16(9-21-24-17)18(26)23-15-8-22-25(11-15)10-14-2-1-7-20-14/h3-6,8-9,11,14,20H,1-2,7,10H2,(H,21,24)(H,23,26). The van der Waals surface area contributed by atoms with Crippen LogP contribution >= 0.6 is 0 Å². The minimum Gasteiger partial charge on any atom is -0.319 e. The van der Waals surface area contributed by atoms with Gasteiger partial charge in [0.25, 0.3) is 5.91 Å². The first-order chi connectivity index (χ1) is 12.7. The molecule has 1 atom stereocenters. The van der Waals surface area contributed by atoms with E-state index in [1.165, 1.54) is 24.8 Å². The summed E-state index contributed by atoms with van der Waals surface area (Å²) in [6, 6.07) is 6.33. The molecule has 1 aliphatic heterocycles. The molecule has 4 rings (SSSR count). The van der Waals surface area contributed by atoms with Crippen LogP contribution in [0.15, 0.2) is 42.9 Å². The molecule has 8 heteroatoms. The first-order valence-electron chi connectivity index (χ1n) is 8.55. The number of amides is 1. The highest BCUT2D eigenvalue weighted by Gasteiger charge is 2.18. The molecule has 0 radical (unpaired) electrons. The number of carbonyl (C=O) groups excluding carboxylic acids is 1. The van der Waals surface area contributed by atoms with Gasteiger partial charge in [-0.15, -0.1) is 0 Å². The van der Waals surface area contributed by atoms with Gasteiger partial charge in [-0.3, -0.25) is 14.6 Å². The van der Waals surface area contributed by atoms with E-state index in [2.05, 4.69) is 25.9 Å². The maximum Gasteiger partial charge on any atom is 0.259 e. The van der Waals surface area contributed by atoms with Gasteiger partial charge in [0.1, 0.15) is 5.82 Å². The Bertz CT molecular complexity index is 895. The van der Waals surface area contributed by atoms with Gasteiger partial charge in [0.15, 0.2) is 0 Å². The van der Waals surface area contributed by atoms with Crippen LogP contribution in [-0.4, -0.2) is 38.5 Å². The molecule has 3 aromatic rings. The number of aromatic amines is 1.